The molecule has 0 radical (unpaired) electrons. The highest BCUT2D eigenvalue weighted by Gasteiger charge is 2.45. The van der Waals surface area contributed by atoms with Gasteiger partial charge in [-0.15, -0.1) is 0 Å². The molecule has 1 aliphatic rings. The zero-order chi connectivity index (χ0) is 26.1. The van der Waals surface area contributed by atoms with Gasteiger partial charge in [-0.05, 0) is 50.1 Å². The molecule has 0 aliphatic carbocycles. The number of unbranched alkanes of at least 4 members (excludes halogenated alkanes) is 1. The van der Waals surface area contributed by atoms with Gasteiger partial charge < -0.3 is 13.9 Å². The second-order valence-electron chi connectivity index (χ2n) is 8.65. The first-order valence-corrected chi connectivity index (χ1v) is 13.0. The summed E-state index contributed by atoms with van der Waals surface area (Å²) in [4.78, 5) is 46.3. The highest BCUT2D eigenvalue weighted by molar-refractivity contribution is 7.17. The maximum Gasteiger partial charge on any atom is 0.350 e. The van der Waals surface area contributed by atoms with Crippen molar-refractivity contribution in [1.29, 1.82) is 0 Å². The number of hydrogen-bond acceptors (Lipinski definition) is 8. The molecule has 190 valence electrons. The third kappa shape index (κ3) is 4.40. The number of thiazole rings is 1. The van der Waals surface area contributed by atoms with Crippen molar-refractivity contribution in [2.75, 3.05) is 18.1 Å². The first-order chi connectivity index (χ1) is 17.9. The predicted octanol–water partition coefficient (Wildman–Crippen LogP) is 5.66. The van der Waals surface area contributed by atoms with Crippen molar-refractivity contribution in [1.82, 2.24) is 4.98 Å². The van der Waals surface area contributed by atoms with Crippen LogP contribution in [0.3, 0.4) is 0 Å². The third-order valence-corrected chi connectivity index (χ3v) is 7.31. The molecule has 0 bridgehead atoms. The van der Waals surface area contributed by atoms with Crippen LogP contribution in [-0.4, -0.2) is 30.1 Å². The molecule has 1 amide bonds. The van der Waals surface area contributed by atoms with Gasteiger partial charge in [-0.3, -0.25) is 14.5 Å². The molecule has 3 heterocycles. The average molecular weight is 519 g/mol. The summed E-state index contributed by atoms with van der Waals surface area (Å²) in [7, 11) is 0. The summed E-state index contributed by atoms with van der Waals surface area (Å²) >= 11 is 1.05. The van der Waals surface area contributed by atoms with Gasteiger partial charge in [0.2, 0.25) is 5.76 Å². The van der Waals surface area contributed by atoms with Gasteiger partial charge in [-0.2, -0.15) is 0 Å². The van der Waals surface area contributed by atoms with Crippen LogP contribution in [-0.2, 0) is 4.74 Å². The Labute approximate surface area is 217 Å². The molecule has 4 aromatic rings. The Morgan fingerprint density at radius 1 is 1.14 bits per heavy atom. The normalized spacial score (nSPS) is 14.7. The minimum atomic E-state index is -0.807. The Kier molecular flexibility index (Phi) is 6.80. The first kappa shape index (κ1) is 24.7. The van der Waals surface area contributed by atoms with Crippen LogP contribution in [0.1, 0.15) is 69.8 Å². The first-order valence-electron chi connectivity index (χ1n) is 12.2. The fourth-order valence-electron chi connectivity index (χ4n) is 4.41. The van der Waals surface area contributed by atoms with E-state index in [0.717, 1.165) is 24.2 Å². The maximum absolute atomic E-state index is 13.8. The van der Waals surface area contributed by atoms with Crippen molar-refractivity contribution < 1.29 is 23.5 Å². The second kappa shape index (κ2) is 10.2. The van der Waals surface area contributed by atoms with Gasteiger partial charge in [-0.25, -0.2) is 9.78 Å². The van der Waals surface area contributed by atoms with Crippen LogP contribution < -0.4 is 15.1 Å². The van der Waals surface area contributed by atoms with Crippen LogP contribution in [0.25, 0.3) is 11.0 Å². The number of para-hydroxylation sites is 1. The van der Waals surface area contributed by atoms with Gasteiger partial charge in [-0.1, -0.05) is 48.9 Å². The van der Waals surface area contributed by atoms with E-state index in [2.05, 4.69) is 11.9 Å². The molecule has 2 aromatic carbocycles. The van der Waals surface area contributed by atoms with E-state index in [4.69, 9.17) is 13.9 Å². The molecular formula is C28H26N2O6S. The van der Waals surface area contributed by atoms with E-state index in [9.17, 15) is 14.4 Å². The number of ether oxygens (including phenoxy) is 2. The molecule has 0 spiro atoms. The number of aromatic nitrogens is 1. The third-order valence-electron chi connectivity index (χ3n) is 6.17. The Hall–Kier alpha value is -3.98. The minimum Gasteiger partial charge on any atom is -0.494 e. The lowest BCUT2D eigenvalue weighted by Crippen LogP contribution is -2.29. The minimum absolute atomic E-state index is 0.0310. The Morgan fingerprint density at radius 2 is 1.95 bits per heavy atom. The van der Waals surface area contributed by atoms with E-state index >= 15 is 0 Å². The second-order valence-corrected chi connectivity index (χ2v) is 9.63. The summed E-state index contributed by atoms with van der Waals surface area (Å²) < 4.78 is 17.1. The zero-order valence-electron chi connectivity index (χ0n) is 20.8. The molecule has 37 heavy (non-hydrogen) atoms. The Balaban J connectivity index is 1.68. The van der Waals surface area contributed by atoms with E-state index < -0.39 is 17.9 Å². The molecule has 1 atom stereocenters. The zero-order valence-corrected chi connectivity index (χ0v) is 21.6. The van der Waals surface area contributed by atoms with Crippen LogP contribution >= 0.6 is 11.3 Å². The summed E-state index contributed by atoms with van der Waals surface area (Å²) in [6, 6.07) is 13.4. The Morgan fingerprint density at radius 3 is 2.73 bits per heavy atom. The van der Waals surface area contributed by atoms with Crippen molar-refractivity contribution in [3.63, 3.8) is 0 Å². The van der Waals surface area contributed by atoms with Gasteiger partial charge in [0.05, 0.1) is 35.9 Å². The molecule has 0 fully saturated rings. The molecule has 5 rings (SSSR count). The van der Waals surface area contributed by atoms with E-state index in [1.165, 1.54) is 4.90 Å². The SMILES string of the molecule is CCCCOc1cccc([C@@H]2c3c(oc4ccccc4c3=O)C(=O)N2c2nc(C)c(C(=O)OCC)s2)c1. The average Bonchev–Trinajstić information content (AvgIpc) is 3.42. The van der Waals surface area contributed by atoms with E-state index in [-0.39, 0.29) is 28.5 Å². The van der Waals surface area contributed by atoms with Gasteiger partial charge >= 0.3 is 5.97 Å². The number of fused-ring (bicyclic) bond motifs is 2. The highest BCUT2D eigenvalue weighted by atomic mass is 32.1. The highest BCUT2D eigenvalue weighted by Crippen LogP contribution is 2.43. The van der Waals surface area contributed by atoms with Crippen molar-refractivity contribution in [3.05, 3.63) is 86.2 Å². The van der Waals surface area contributed by atoms with Gasteiger partial charge in [0.1, 0.15) is 16.2 Å². The molecule has 9 heteroatoms. The number of amides is 1. The standard InChI is InChI=1S/C28H26N2O6S/c1-4-6-14-35-18-11-9-10-17(15-18)22-21-23(31)19-12-7-8-13-20(19)36-24(21)26(32)30(22)28-29-16(3)25(37-28)27(33)34-5-2/h7-13,15,22H,4-6,14H2,1-3H3/t22-/m1/s1. The molecule has 1 aliphatic heterocycles. The number of aryl methyl sites for hydroxylation is 1. The number of carbonyl (C=O) groups excluding carboxylic acids is 2. The number of carbonyl (C=O) groups is 2. The molecule has 0 saturated carbocycles. The fraction of sp³-hybridized carbons (Fsp3) is 0.286. The number of esters is 1. The number of benzene rings is 2. The number of hydrogen-bond donors (Lipinski definition) is 0. The van der Waals surface area contributed by atoms with Crippen molar-refractivity contribution in [3.8, 4) is 5.75 Å². The maximum atomic E-state index is 13.8. The van der Waals surface area contributed by atoms with Crippen LogP contribution in [0.4, 0.5) is 5.13 Å². The number of nitrogens with zero attached hydrogens (tertiary/aromatic N) is 2. The smallest absolute Gasteiger partial charge is 0.350 e. The monoisotopic (exact) mass is 518 g/mol. The topological polar surface area (TPSA) is 98.9 Å². The summed E-state index contributed by atoms with van der Waals surface area (Å²) in [5.41, 5.74) is 1.41. The molecule has 0 saturated heterocycles. The number of rotatable bonds is 8. The lowest BCUT2D eigenvalue weighted by atomic mass is 9.98. The fourth-order valence-corrected chi connectivity index (χ4v) is 5.40. The van der Waals surface area contributed by atoms with Crippen LogP contribution in [0.5, 0.6) is 5.75 Å². The van der Waals surface area contributed by atoms with Crippen LogP contribution in [0.2, 0.25) is 0 Å². The molecule has 8 nitrogen and oxygen atoms in total. The molecule has 2 aromatic heterocycles. The lowest BCUT2D eigenvalue weighted by molar-refractivity contribution is 0.0531. The molecule has 0 N–H and O–H groups in total. The van der Waals surface area contributed by atoms with Crippen LogP contribution in [0, 0.1) is 6.92 Å². The van der Waals surface area contributed by atoms with Crippen molar-refractivity contribution in [2.24, 2.45) is 0 Å². The quantitative estimate of drug-likeness (QED) is 0.219. The summed E-state index contributed by atoms with van der Waals surface area (Å²) in [6.45, 7) is 6.28. The summed E-state index contributed by atoms with van der Waals surface area (Å²) in [5, 5.41) is 0.668. The predicted molar refractivity (Wildman–Crippen MR) is 141 cm³/mol. The van der Waals surface area contributed by atoms with Crippen molar-refractivity contribution >= 4 is 39.3 Å². The van der Waals surface area contributed by atoms with Crippen molar-refractivity contribution in [2.45, 2.75) is 39.7 Å². The van der Waals surface area contributed by atoms with E-state index in [1.54, 1.807) is 38.1 Å². The molecule has 0 unspecified atom stereocenters. The summed E-state index contributed by atoms with van der Waals surface area (Å²) in [5.74, 6) is -0.393. The molecular weight excluding hydrogens is 492 g/mol. The lowest BCUT2D eigenvalue weighted by Gasteiger charge is -2.23. The van der Waals surface area contributed by atoms with Gasteiger partial charge in [0.25, 0.3) is 5.91 Å². The van der Waals surface area contributed by atoms with E-state index in [0.29, 0.717) is 39.5 Å². The summed E-state index contributed by atoms with van der Waals surface area (Å²) in [6.07, 6.45) is 1.91. The Bertz CT molecular complexity index is 1560. The van der Waals surface area contributed by atoms with Crippen LogP contribution in [0.15, 0.2) is 57.7 Å². The number of anilines is 1. The largest absolute Gasteiger partial charge is 0.494 e. The van der Waals surface area contributed by atoms with Gasteiger partial charge in [0, 0.05) is 0 Å². The van der Waals surface area contributed by atoms with Gasteiger partial charge in [0.15, 0.2) is 10.6 Å². The van der Waals surface area contributed by atoms with E-state index in [1.807, 2.05) is 24.3 Å².